The number of nitrogens with zero attached hydrogens (tertiary/aromatic N) is 1. The van der Waals surface area contributed by atoms with Gasteiger partial charge in [0.05, 0.1) is 11.7 Å². The molecule has 0 spiro atoms. The van der Waals surface area contributed by atoms with Crippen molar-refractivity contribution in [3.8, 4) is 0 Å². The van der Waals surface area contributed by atoms with Crippen molar-refractivity contribution >= 4 is 65.3 Å². The zero-order valence-electron chi connectivity index (χ0n) is 28.5. The molecule has 0 aliphatic rings. The molecule has 0 heterocycles. The largest absolute Gasteiger partial charge is 0.300 e. The van der Waals surface area contributed by atoms with Gasteiger partial charge in [-0.05, 0) is 61.2 Å². The van der Waals surface area contributed by atoms with Crippen LogP contribution < -0.4 is 36.7 Å². The van der Waals surface area contributed by atoms with Crippen molar-refractivity contribution in [1.29, 1.82) is 0 Å². The van der Waals surface area contributed by atoms with Crippen molar-refractivity contribution in [3.05, 3.63) is 217 Å². The molecular weight excluding hydrogens is 656 g/mol. The number of rotatable bonds is 11. The van der Waals surface area contributed by atoms with E-state index < -0.39 is 15.8 Å². The van der Waals surface area contributed by atoms with Crippen LogP contribution >= 0.6 is 15.8 Å². The molecule has 0 aliphatic carbocycles. The number of hydrogen-bond donors (Lipinski definition) is 0. The highest BCUT2D eigenvalue weighted by Gasteiger charge is 2.33. The fraction of sp³-hybridized carbons (Fsp3) is 0.0426. The third-order valence-electron chi connectivity index (χ3n) is 8.90. The second-order valence-corrected chi connectivity index (χ2v) is 16.6. The fourth-order valence-electron chi connectivity index (χ4n) is 6.48. The zero-order valence-corrected chi connectivity index (χ0v) is 30.3. The zero-order chi connectivity index (χ0) is 34.8. The number of anilines is 1. The summed E-state index contributed by atoms with van der Waals surface area (Å²) in [7, 11) is -2.11. The molecule has 0 aliphatic heterocycles. The van der Waals surface area contributed by atoms with E-state index in [2.05, 4.69) is 176 Å². The maximum absolute atomic E-state index is 15.1. The summed E-state index contributed by atoms with van der Waals surface area (Å²) in [6, 6.07) is 70.0. The summed E-state index contributed by atoms with van der Waals surface area (Å²) < 4.78 is 0. The lowest BCUT2D eigenvalue weighted by atomic mass is 10.1. The first-order valence-corrected chi connectivity index (χ1v) is 19.9. The Morgan fingerprint density at radius 2 is 0.824 bits per heavy atom. The number of hydrogen-bond acceptors (Lipinski definition) is 1. The van der Waals surface area contributed by atoms with E-state index in [1.807, 2.05) is 42.5 Å². The van der Waals surface area contributed by atoms with Gasteiger partial charge < -0.3 is 4.90 Å². The molecular formula is C47H39NOP2. The predicted molar refractivity (Wildman–Crippen MR) is 222 cm³/mol. The molecule has 0 N–H and O–H groups in total. The van der Waals surface area contributed by atoms with Crippen LogP contribution in [0.1, 0.15) is 24.1 Å². The van der Waals surface area contributed by atoms with Crippen LogP contribution in [0.2, 0.25) is 0 Å². The van der Waals surface area contributed by atoms with Crippen molar-refractivity contribution in [2.45, 2.75) is 13.0 Å². The minimum absolute atomic E-state index is 0.0592. The van der Waals surface area contributed by atoms with E-state index in [-0.39, 0.29) is 11.9 Å². The lowest BCUT2D eigenvalue weighted by Gasteiger charge is -2.36. The highest BCUT2D eigenvalue weighted by atomic mass is 31.1. The molecule has 0 fully saturated rings. The first-order valence-electron chi connectivity index (χ1n) is 17.2. The molecule has 1 amide bonds. The van der Waals surface area contributed by atoms with Crippen molar-refractivity contribution < 1.29 is 4.79 Å². The van der Waals surface area contributed by atoms with Crippen LogP contribution in [0.15, 0.2) is 206 Å². The average Bonchev–Trinajstić information content (AvgIpc) is 3.20. The molecule has 0 bridgehead atoms. The Labute approximate surface area is 304 Å². The maximum atomic E-state index is 15.1. The van der Waals surface area contributed by atoms with Crippen molar-refractivity contribution in [2.24, 2.45) is 0 Å². The minimum Gasteiger partial charge on any atom is -0.300 e. The first-order chi connectivity index (χ1) is 25.2. The summed E-state index contributed by atoms with van der Waals surface area (Å²) >= 11 is 0. The van der Waals surface area contributed by atoms with Gasteiger partial charge in [0.15, 0.2) is 0 Å². The van der Waals surface area contributed by atoms with Crippen LogP contribution in [0.3, 0.4) is 0 Å². The highest BCUT2D eigenvalue weighted by Crippen LogP contribution is 2.43. The Balaban J connectivity index is 1.55. The van der Waals surface area contributed by atoms with E-state index in [1.165, 1.54) is 21.2 Å². The molecule has 248 valence electrons. The quantitative estimate of drug-likeness (QED) is 0.0978. The average molecular weight is 696 g/mol. The van der Waals surface area contributed by atoms with Gasteiger partial charge in [-0.2, -0.15) is 0 Å². The predicted octanol–water partition coefficient (Wildman–Crippen LogP) is 9.01. The number of benzene rings is 7. The van der Waals surface area contributed by atoms with Gasteiger partial charge in [0.2, 0.25) is 0 Å². The Hall–Kier alpha value is -5.39. The van der Waals surface area contributed by atoms with Crippen LogP contribution in [0.5, 0.6) is 0 Å². The molecule has 2 nitrogen and oxygen atoms in total. The van der Waals surface area contributed by atoms with Gasteiger partial charge in [0, 0.05) is 16.7 Å². The van der Waals surface area contributed by atoms with Gasteiger partial charge in [-0.3, -0.25) is 4.79 Å². The lowest BCUT2D eigenvalue weighted by molar-refractivity contribution is -0.114. The summed E-state index contributed by atoms with van der Waals surface area (Å²) in [5.41, 5.74) is 3.04. The van der Waals surface area contributed by atoms with Crippen molar-refractivity contribution in [2.75, 3.05) is 4.90 Å². The molecule has 0 saturated carbocycles. The minimum atomic E-state index is -1.06. The number of para-hydroxylation sites is 1. The molecule has 0 saturated heterocycles. The molecule has 0 aromatic heterocycles. The van der Waals surface area contributed by atoms with E-state index in [4.69, 9.17) is 0 Å². The molecule has 51 heavy (non-hydrogen) atoms. The SMILES string of the molecule is C[C@@H](c1ccccc1)N(C(=O)/C=C/c1ccccc1)c1c(P(c2ccccc2)c2ccccc2)cccc1P(c1ccccc1)c1ccccc1. The number of carbonyl (C=O) groups excluding carboxylic acids is 1. The molecule has 7 rings (SSSR count). The van der Waals surface area contributed by atoms with E-state index in [0.29, 0.717) is 0 Å². The van der Waals surface area contributed by atoms with Crippen LogP contribution in [0.25, 0.3) is 6.08 Å². The third kappa shape index (κ3) is 7.84. The molecule has 7 aromatic carbocycles. The maximum Gasteiger partial charge on any atom is 0.251 e. The monoisotopic (exact) mass is 695 g/mol. The second-order valence-electron chi connectivity index (χ2n) is 12.2. The third-order valence-corrected chi connectivity index (χ3v) is 13.8. The molecule has 0 radical (unpaired) electrons. The topological polar surface area (TPSA) is 20.3 Å². The Morgan fingerprint density at radius 1 is 0.471 bits per heavy atom. The summed E-state index contributed by atoms with van der Waals surface area (Å²) in [6.45, 7) is 2.16. The second kappa shape index (κ2) is 16.5. The van der Waals surface area contributed by atoms with Crippen LogP contribution in [0, 0.1) is 0 Å². The van der Waals surface area contributed by atoms with Crippen molar-refractivity contribution in [1.82, 2.24) is 0 Å². The summed E-state index contributed by atoms with van der Waals surface area (Å²) in [4.78, 5) is 17.2. The normalized spacial score (nSPS) is 11.9. The van der Waals surface area contributed by atoms with E-state index in [1.54, 1.807) is 6.08 Å². The Morgan fingerprint density at radius 3 is 1.22 bits per heavy atom. The lowest BCUT2D eigenvalue weighted by Crippen LogP contribution is -2.41. The van der Waals surface area contributed by atoms with Crippen LogP contribution in [-0.2, 0) is 4.79 Å². The molecule has 4 heteroatoms. The van der Waals surface area contributed by atoms with Gasteiger partial charge in [0.1, 0.15) is 0 Å². The number of amides is 1. The number of carbonyl (C=O) groups is 1. The molecule has 7 aromatic rings. The van der Waals surface area contributed by atoms with Crippen LogP contribution in [-0.4, -0.2) is 5.91 Å². The van der Waals surface area contributed by atoms with E-state index in [0.717, 1.165) is 27.4 Å². The van der Waals surface area contributed by atoms with E-state index in [9.17, 15) is 0 Å². The van der Waals surface area contributed by atoms with Gasteiger partial charge in [-0.15, -0.1) is 0 Å². The first kappa shape index (κ1) is 34.1. The van der Waals surface area contributed by atoms with Gasteiger partial charge in [0.25, 0.3) is 5.91 Å². The van der Waals surface area contributed by atoms with Gasteiger partial charge in [-0.1, -0.05) is 200 Å². The standard InChI is InChI=1S/C47H39NOP2/c1-37(39-23-10-3-11-24-39)48(46(49)36-35-38-21-8-2-9-22-38)47-44(50(40-25-12-4-13-26-40)41-27-14-5-15-28-41)33-20-34-45(47)51(42-29-16-6-17-30-42)43-31-18-7-19-32-43/h2-37H,1H3/b36-35+/t37-/m0/s1. The summed E-state index contributed by atoms with van der Waals surface area (Å²) in [6.07, 6.45) is 3.68. The Kier molecular flexibility index (Phi) is 11.1. The van der Waals surface area contributed by atoms with Crippen molar-refractivity contribution in [3.63, 3.8) is 0 Å². The fourth-order valence-corrected chi connectivity index (χ4v) is 11.5. The van der Waals surface area contributed by atoms with E-state index >= 15 is 4.79 Å². The molecule has 0 unspecified atom stereocenters. The Bertz CT molecular complexity index is 2000. The highest BCUT2D eigenvalue weighted by molar-refractivity contribution is 7.81. The summed E-state index contributed by atoms with van der Waals surface area (Å²) in [5.74, 6) is -0.0592. The van der Waals surface area contributed by atoms with Gasteiger partial charge in [-0.25, -0.2) is 0 Å². The smallest absolute Gasteiger partial charge is 0.251 e. The van der Waals surface area contributed by atoms with Crippen LogP contribution in [0.4, 0.5) is 5.69 Å². The van der Waals surface area contributed by atoms with Gasteiger partial charge >= 0.3 is 0 Å². The molecule has 1 atom stereocenters. The summed E-state index contributed by atoms with van der Waals surface area (Å²) in [5, 5.41) is 7.26.